The van der Waals surface area contributed by atoms with Gasteiger partial charge in [-0.3, -0.25) is 0 Å². The summed E-state index contributed by atoms with van der Waals surface area (Å²) in [5.74, 6) is 0.789. The maximum absolute atomic E-state index is 8.88. The van der Waals surface area contributed by atoms with Crippen LogP contribution in [0, 0.1) is 18.3 Å². The van der Waals surface area contributed by atoms with Crippen molar-refractivity contribution in [2.45, 2.75) is 26.5 Å². The van der Waals surface area contributed by atoms with Crippen LogP contribution in [0.3, 0.4) is 0 Å². The van der Waals surface area contributed by atoms with Gasteiger partial charge in [0.2, 0.25) is 0 Å². The minimum atomic E-state index is -0.0976. The first-order chi connectivity index (χ1) is 10.0. The van der Waals surface area contributed by atoms with Gasteiger partial charge in [0.15, 0.2) is 0 Å². The molecule has 2 rings (SSSR count). The Balaban J connectivity index is 2.19. The van der Waals surface area contributed by atoms with Crippen molar-refractivity contribution in [3.63, 3.8) is 0 Å². The third kappa shape index (κ3) is 3.84. The first-order valence-electron chi connectivity index (χ1n) is 6.68. The summed E-state index contributed by atoms with van der Waals surface area (Å²) in [5, 5.41) is 8.88. The van der Waals surface area contributed by atoms with Gasteiger partial charge in [-0.2, -0.15) is 5.26 Å². The van der Waals surface area contributed by atoms with Gasteiger partial charge in [0.25, 0.3) is 0 Å². The zero-order valence-corrected chi connectivity index (χ0v) is 13.6. The maximum Gasteiger partial charge on any atom is 0.124 e. The summed E-state index contributed by atoms with van der Waals surface area (Å²) < 4.78 is 6.89. The molecule has 0 aliphatic carbocycles. The van der Waals surface area contributed by atoms with E-state index in [0.29, 0.717) is 12.2 Å². The van der Waals surface area contributed by atoms with Crippen molar-refractivity contribution in [3.8, 4) is 11.8 Å². The van der Waals surface area contributed by atoms with Crippen LogP contribution in [0.2, 0.25) is 0 Å². The van der Waals surface area contributed by atoms with E-state index in [1.54, 1.807) is 6.07 Å². The Morgan fingerprint density at radius 1 is 1.29 bits per heavy atom. The van der Waals surface area contributed by atoms with Crippen LogP contribution in [0.25, 0.3) is 0 Å². The molecule has 0 aliphatic rings. The highest BCUT2D eigenvalue weighted by molar-refractivity contribution is 9.10. The van der Waals surface area contributed by atoms with Crippen molar-refractivity contribution >= 4 is 15.9 Å². The molecular formula is C17H17BrN2O. The van der Waals surface area contributed by atoms with Crippen molar-refractivity contribution in [2.24, 2.45) is 5.73 Å². The lowest BCUT2D eigenvalue weighted by Gasteiger charge is -2.15. The average molecular weight is 345 g/mol. The minimum Gasteiger partial charge on any atom is -0.489 e. The predicted octanol–water partition coefficient (Wildman–Crippen LogP) is 4.23. The van der Waals surface area contributed by atoms with E-state index in [2.05, 4.69) is 22.0 Å². The number of ether oxygens (including phenoxy) is 1. The Kier molecular flexibility index (Phi) is 5.00. The van der Waals surface area contributed by atoms with E-state index in [0.717, 1.165) is 26.9 Å². The predicted molar refractivity (Wildman–Crippen MR) is 87.0 cm³/mol. The Labute approximate surface area is 133 Å². The highest BCUT2D eigenvalue weighted by Gasteiger charge is 2.10. The Morgan fingerprint density at radius 2 is 2.05 bits per heavy atom. The number of hydrogen-bond donors (Lipinski definition) is 1. The molecule has 2 aromatic rings. The fourth-order valence-electron chi connectivity index (χ4n) is 2.09. The zero-order chi connectivity index (χ0) is 15.4. The molecule has 0 aromatic heterocycles. The summed E-state index contributed by atoms with van der Waals surface area (Å²) >= 11 is 3.45. The van der Waals surface area contributed by atoms with E-state index in [1.165, 1.54) is 0 Å². The highest BCUT2D eigenvalue weighted by Crippen LogP contribution is 2.28. The minimum absolute atomic E-state index is 0.0976. The van der Waals surface area contributed by atoms with Crippen LogP contribution in [-0.2, 0) is 6.61 Å². The number of rotatable bonds is 4. The number of hydrogen-bond acceptors (Lipinski definition) is 3. The van der Waals surface area contributed by atoms with Crippen LogP contribution in [-0.4, -0.2) is 0 Å². The number of nitrogens with two attached hydrogens (primary N) is 1. The zero-order valence-electron chi connectivity index (χ0n) is 12.1. The summed E-state index contributed by atoms with van der Waals surface area (Å²) in [6, 6.07) is 13.5. The lowest BCUT2D eigenvalue weighted by atomic mass is 10.1. The second-order valence-corrected chi connectivity index (χ2v) is 5.93. The molecule has 1 atom stereocenters. The Morgan fingerprint density at radius 3 is 2.67 bits per heavy atom. The van der Waals surface area contributed by atoms with Crippen molar-refractivity contribution in [2.75, 3.05) is 0 Å². The van der Waals surface area contributed by atoms with Gasteiger partial charge in [-0.1, -0.05) is 22.0 Å². The van der Waals surface area contributed by atoms with Crippen molar-refractivity contribution < 1.29 is 4.74 Å². The van der Waals surface area contributed by atoms with Gasteiger partial charge in [0.1, 0.15) is 12.4 Å². The molecule has 21 heavy (non-hydrogen) atoms. The normalized spacial score (nSPS) is 11.8. The number of halogens is 1. The number of aryl methyl sites for hydroxylation is 1. The van der Waals surface area contributed by atoms with Crippen LogP contribution in [0.15, 0.2) is 40.9 Å². The van der Waals surface area contributed by atoms with Crippen LogP contribution < -0.4 is 10.5 Å². The molecule has 0 saturated heterocycles. The van der Waals surface area contributed by atoms with Crippen molar-refractivity contribution in [3.05, 3.63) is 63.1 Å². The quantitative estimate of drug-likeness (QED) is 0.902. The summed E-state index contributed by atoms with van der Waals surface area (Å²) in [5.41, 5.74) is 9.73. The van der Waals surface area contributed by atoms with Gasteiger partial charge in [-0.25, -0.2) is 0 Å². The van der Waals surface area contributed by atoms with E-state index < -0.39 is 0 Å². The van der Waals surface area contributed by atoms with E-state index in [1.807, 2.05) is 44.2 Å². The SMILES string of the molecule is Cc1cc(C#N)ccc1COc1ccc(Br)cc1C(C)N. The van der Waals surface area contributed by atoms with E-state index >= 15 is 0 Å². The molecule has 0 amide bonds. The van der Waals surface area contributed by atoms with Crippen LogP contribution in [0.4, 0.5) is 0 Å². The monoisotopic (exact) mass is 344 g/mol. The van der Waals surface area contributed by atoms with Gasteiger partial charge in [0, 0.05) is 16.1 Å². The molecule has 0 spiro atoms. The molecule has 0 radical (unpaired) electrons. The van der Waals surface area contributed by atoms with Gasteiger partial charge < -0.3 is 10.5 Å². The topological polar surface area (TPSA) is 59.0 Å². The summed E-state index contributed by atoms with van der Waals surface area (Å²) in [7, 11) is 0. The van der Waals surface area contributed by atoms with E-state index in [-0.39, 0.29) is 6.04 Å². The fraction of sp³-hybridized carbons (Fsp3) is 0.235. The third-order valence-electron chi connectivity index (χ3n) is 3.32. The molecule has 0 saturated carbocycles. The molecule has 108 valence electrons. The standard InChI is InChI=1S/C17H17BrN2O/c1-11-7-13(9-19)3-4-14(11)10-21-17-6-5-15(18)8-16(17)12(2)20/h3-8,12H,10,20H2,1-2H3. The van der Waals surface area contributed by atoms with Crippen LogP contribution in [0.1, 0.15) is 35.2 Å². The Hall–Kier alpha value is -1.83. The first kappa shape index (κ1) is 15.6. The van der Waals surface area contributed by atoms with Gasteiger partial charge in [-0.05, 0) is 55.3 Å². The maximum atomic E-state index is 8.88. The second-order valence-electron chi connectivity index (χ2n) is 5.01. The van der Waals surface area contributed by atoms with Crippen LogP contribution in [0.5, 0.6) is 5.75 Å². The van der Waals surface area contributed by atoms with Gasteiger partial charge in [0.05, 0.1) is 11.6 Å². The summed E-state index contributed by atoms with van der Waals surface area (Å²) in [6.07, 6.45) is 0. The van der Waals surface area contributed by atoms with Gasteiger partial charge >= 0.3 is 0 Å². The van der Waals surface area contributed by atoms with Crippen molar-refractivity contribution in [1.29, 1.82) is 5.26 Å². The number of benzene rings is 2. The van der Waals surface area contributed by atoms with Gasteiger partial charge in [-0.15, -0.1) is 0 Å². The molecule has 0 fully saturated rings. The highest BCUT2D eigenvalue weighted by atomic mass is 79.9. The summed E-state index contributed by atoms with van der Waals surface area (Å²) in [4.78, 5) is 0. The first-order valence-corrected chi connectivity index (χ1v) is 7.48. The number of nitriles is 1. The summed E-state index contributed by atoms with van der Waals surface area (Å²) in [6.45, 7) is 4.37. The molecule has 0 heterocycles. The smallest absolute Gasteiger partial charge is 0.124 e. The number of nitrogens with zero attached hydrogens (tertiary/aromatic N) is 1. The fourth-order valence-corrected chi connectivity index (χ4v) is 2.47. The lowest BCUT2D eigenvalue weighted by Crippen LogP contribution is -2.08. The molecule has 1 unspecified atom stereocenters. The molecule has 0 aliphatic heterocycles. The average Bonchev–Trinajstić information content (AvgIpc) is 2.46. The Bertz CT molecular complexity index is 690. The van der Waals surface area contributed by atoms with Crippen LogP contribution >= 0.6 is 15.9 Å². The molecule has 3 nitrogen and oxygen atoms in total. The molecule has 2 aromatic carbocycles. The molecule has 2 N–H and O–H groups in total. The molecule has 4 heteroatoms. The van der Waals surface area contributed by atoms with E-state index in [4.69, 9.17) is 15.7 Å². The molecular weight excluding hydrogens is 328 g/mol. The van der Waals surface area contributed by atoms with Crippen molar-refractivity contribution in [1.82, 2.24) is 0 Å². The van der Waals surface area contributed by atoms with E-state index in [9.17, 15) is 0 Å². The molecule has 0 bridgehead atoms. The third-order valence-corrected chi connectivity index (χ3v) is 3.81. The lowest BCUT2D eigenvalue weighted by molar-refractivity contribution is 0.300. The second kappa shape index (κ2) is 6.75. The largest absolute Gasteiger partial charge is 0.489 e.